The lowest BCUT2D eigenvalue weighted by atomic mass is 9.96. The monoisotopic (exact) mass is 503 g/mol. The highest BCUT2D eigenvalue weighted by Crippen LogP contribution is 2.35. The Morgan fingerprint density at radius 1 is 1.08 bits per heavy atom. The van der Waals surface area contributed by atoms with Crippen LogP contribution >= 0.6 is 0 Å². The second kappa shape index (κ2) is 9.53. The summed E-state index contributed by atoms with van der Waals surface area (Å²) >= 11 is 0. The number of rotatable bonds is 6. The van der Waals surface area contributed by atoms with Gasteiger partial charge in [0.1, 0.15) is 11.5 Å². The van der Waals surface area contributed by atoms with Gasteiger partial charge in [0.15, 0.2) is 23.1 Å². The number of Topliss-reactive ketones (excluding diaryl/α,β-unsaturated/α-hetero) is 1. The number of ketones is 1. The Balaban J connectivity index is 1.37. The van der Waals surface area contributed by atoms with E-state index in [1.807, 2.05) is 13.0 Å². The molecule has 5 rings (SSSR count). The third-order valence-electron chi connectivity index (χ3n) is 6.59. The van der Waals surface area contributed by atoms with Gasteiger partial charge in [0.25, 0.3) is 5.91 Å². The predicted octanol–water partition coefficient (Wildman–Crippen LogP) is 4.12. The van der Waals surface area contributed by atoms with Gasteiger partial charge in [-0.2, -0.15) is 5.10 Å². The summed E-state index contributed by atoms with van der Waals surface area (Å²) in [7, 11) is 0. The van der Waals surface area contributed by atoms with Crippen LogP contribution in [0.15, 0.2) is 48.7 Å². The number of benzene rings is 2. The van der Waals surface area contributed by atoms with E-state index in [9.17, 15) is 23.2 Å². The van der Waals surface area contributed by atoms with Gasteiger partial charge in [-0.3, -0.25) is 14.4 Å². The minimum Gasteiger partial charge on any atom is -0.344 e. The average molecular weight is 504 g/mol. The van der Waals surface area contributed by atoms with Crippen LogP contribution in [0.1, 0.15) is 62.5 Å². The third-order valence-corrected chi connectivity index (χ3v) is 6.59. The molecule has 2 amide bonds. The number of anilines is 1. The number of aromatic nitrogens is 3. The average Bonchev–Trinajstić information content (AvgIpc) is 3.48. The second-order valence-electron chi connectivity index (χ2n) is 9.03. The fraction of sp³-hybridized carbons (Fsp3) is 0.222. The molecular weight excluding hydrogens is 480 g/mol. The lowest BCUT2D eigenvalue weighted by Gasteiger charge is -2.16. The van der Waals surface area contributed by atoms with Crippen molar-refractivity contribution in [3.63, 3.8) is 0 Å². The first kappa shape index (κ1) is 24.2. The van der Waals surface area contributed by atoms with Crippen LogP contribution in [0.4, 0.5) is 14.6 Å². The van der Waals surface area contributed by atoms with Crippen LogP contribution in [-0.2, 0) is 17.6 Å². The summed E-state index contributed by atoms with van der Waals surface area (Å²) in [5, 5.41) is 9.83. The first-order valence-electron chi connectivity index (χ1n) is 11.7. The van der Waals surface area contributed by atoms with Crippen molar-refractivity contribution in [3.8, 4) is 0 Å². The van der Waals surface area contributed by atoms with E-state index in [-0.39, 0.29) is 29.8 Å². The molecule has 0 fully saturated rings. The minimum atomic E-state index is -1.04. The van der Waals surface area contributed by atoms with E-state index in [4.69, 9.17) is 0 Å². The normalized spacial score (nSPS) is 14.4. The van der Waals surface area contributed by atoms with E-state index in [0.29, 0.717) is 23.2 Å². The Morgan fingerprint density at radius 2 is 1.89 bits per heavy atom. The van der Waals surface area contributed by atoms with Gasteiger partial charge in [-0.1, -0.05) is 18.2 Å². The summed E-state index contributed by atoms with van der Waals surface area (Å²) in [4.78, 5) is 42.1. The lowest BCUT2D eigenvalue weighted by molar-refractivity contribution is -0.115. The highest BCUT2D eigenvalue weighted by atomic mass is 19.2. The van der Waals surface area contributed by atoms with Crippen LogP contribution in [0.5, 0.6) is 0 Å². The quantitative estimate of drug-likeness (QED) is 0.385. The summed E-state index contributed by atoms with van der Waals surface area (Å²) < 4.78 is 28.0. The van der Waals surface area contributed by atoms with Crippen molar-refractivity contribution in [2.24, 2.45) is 0 Å². The molecule has 0 bridgehead atoms. The highest BCUT2D eigenvalue weighted by molar-refractivity contribution is 5.97. The first-order chi connectivity index (χ1) is 17.7. The van der Waals surface area contributed by atoms with Gasteiger partial charge in [0, 0.05) is 17.7 Å². The van der Waals surface area contributed by atoms with Crippen LogP contribution < -0.4 is 10.6 Å². The zero-order valence-electron chi connectivity index (χ0n) is 20.1. The van der Waals surface area contributed by atoms with E-state index in [2.05, 4.69) is 20.7 Å². The fourth-order valence-corrected chi connectivity index (χ4v) is 4.80. The molecule has 188 valence electrons. The van der Waals surface area contributed by atoms with Crippen LogP contribution in [0, 0.1) is 18.6 Å². The van der Waals surface area contributed by atoms with E-state index < -0.39 is 23.4 Å². The van der Waals surface area contributed by atoms with E-state index in [0.717, 1.165) is 35.2 Å². The molecule has 1 aliphatic rings. The molecule has 0 radical (unpaired) electrons. The SMILES string of the molecule is CC(=O)c1ccc2c(c1C)CC[C@@H]2NC(=O)c1cc(NC(=O)Cc2ccc(F)c(F)c2)nc2ccnn12. The van der Waals surface area contributed by atoms with Crippen molar-refractivity contribution in [3.05, 3.63) is 93.8 Å². The highest BCUT2D eigenvalue weighted by Gasteiger charge is 2.28. The largest absolute Gasteiger partial charge is 0.344 e. The molecule has 0 saturated heterocycles. The number of hydrogen-bond donors (Lipinski definition) is 2. The Labute approximate surface area is 210 Å². The summed E-state index contributed by atoms with van der Waals surface area (Å²) in [6.45, 7) is 3.46. The number of nitrogens with one attached hydrogen (secondary N) is 2. The van der Waals surface area contributed by atoms with Crippen molar-refractivity contribution in [2.45, 2.75) is 39.2 Å². The van der Waals surface area contributed by atoms with Gasteiger partial charge < -0.3 is 10.6 Å². The number of amides is 2. The van der Waals surface area contributed by atoms with Gasteiger partial charge in [-0.25, -0.2) is 18.3 Å². The van der Waals surface area contributed by atoms with E-state index in [1.165, 1.54) is 29.8 Å². The predicted molar refractivity (Wildman–Crippen MR) is 131 cm³/mol. The molecule has 2 aromatic heterocycles. The van der Waals surface area contributed by atoms with Crippen LogP contribution in [-0.4, -0.2) is 32.2 Å². The van der Waals surface area contributed by atoms with Gasteiger partial charge in [-0.15, -0.1) is 0 Å². The molecular formula is C27H23F2N5O3. The molecule has 1 aliphatic carbocycles. The van der Waals surface area contributed by atoms with Gasteiger partial charge in [0.05, 0.1) is 18.7 Å². The van der Waals surface area contributed by atoms with Gasteiger partial charge in [0.2, 0.25) is 5.91 Å². The van der Waals surface area contributed by atoms with Crippen molar-refractivity contribution < 1.29 is 23.2 Å². The Morgan fingerprint density at radius 3 is 2.65 bits per heavy atom. The number of nitrogens with zero attached hydrogens (tertiary/aromatic N) is 3. The minimum absolute atomic E-state index is 0.00443. The van der Waals surface area contributed by atoms with Gasteiger partial charge >= 0.3 is 0 Å². The molecule has 37 heavy (non-hydrogen) atoms. The maximum Gasteiger partial charge on any atom is 0.270 e. The maximum absolute atomic E-state index is 13.5. The number of carbonyl (C=O) groups is 3. The van der Waals surface area contributed by atoms with Crippen molar-refractivity contribution in [2.75, 3.05) is 5.32 Å². The standard InChI is InChI=1S/C27H23F2N5O3/c1-14-17(15(2)35)4-5-19-18(14)6-8-22(19)31-27(37)23-13-24(32-25-9-10-30-34(23)25)33-26(36)12-16-3-7-20(28)21(29)11-16/h3-5,7,9-11,13,22H,6,8,12H2,1-2H3,(H,31,37)(H,32,33,36)/t22-/m0/s1. The smallest absolute Gasteiger partial charge is 0.270 e. The third kappa shape index (κ3) is 4.69. The van der Waals surface area contributed by atoms with Crippen LogP contribution in [0.3, 0.4) is 0 Å². The van der Waals surface area contributed by atoms with E-state index in [1.54, 1.807) is 12.1 Å². The lowest BCUT2D eigenvalue weighted by Crippen LogP contribution is -2.29. The number of carbonyl (C=O) groups excluding carboxylic acids is 3. The summed E-state index contributed by atoms with van der Waals surface area (Å²) in [6, 6.07) is 9.69. The van der Waals surface area contributed by atoms with Crippen molar-refractivity contribution >= 4 is 29.1 Å². The van der Waals surface area contributed by atoms with Crippen LogP contribution in [0.25, 0.3) is 5.65 Å². The Hall–Kier alpha value is -4.47. The molecule has 0 unspecified atom stereocenters. The maximum atomic E-state index is 13.5. The molecule has 1 atom stereocenters. The molecule has 2 aromatic carbocycles. The zero-order valence-corrected chi connectivity index (χ0v) is 20.1. The second-order valence-corrected chi connectivity index (χ2v) is 9.03. The first-order valence-corrected chi connectivity index (χ1v) is 11.7. The zero-order chi connectivity index (χ0) is 26.3. The number of fused-ring (bicyclic) bond motifs is 2. The van der Waals surface area contributed by atoms with Gasteiger partial charge in [-0.05, 0) is 61.1 Å². The molecule has 0 aliphatic heterocycles. The topological polar surface area (TPSA) is 105 Å². The molecule has 0 spiro atoms. The summed E-state index contributed by atoms with van der Waals surface area (Å²) in [6.07, 6.45) is 2.72. The van der Waals surface area contributed by atoms with Crippen molar-refractivity contribution in [1.29, 1.82) is 0 Å². The molecule has 0 saturated carbocycles. The Bertz CT molecular complexity index is 1580. The molecule has 10 heteroatoms. The molecule has 8 nitrogen and oxygen atoms in total. The van der Waals surface area contributed by atoms with Crippen molar-refractivity contribution in [1.82, 2.24) is 19.9 Å². The van der Waals surface area contributed by atoms with E-state index >= 15 is 0 Å². The number of hydrogen-bond acceptors (Lipinski definition) is 5. The Kier molecular flexibility index (Phi) is 6.24. The molecule has 4 aromatic rings. The number of halogens is 2. The fourth-order valence-electron chi connectivity index (χ4n) is 4.80. The summed E-state index contributed by atoms with van der Waals surface area (Å²) in [5.41, 5.74) is 4.48. The molecule has 2 N–H and O–H groups in total. The molecule has 2 heterocycles. The summed E-state index contributed by atoms with van der Waals surface area (Å²) in [5.74, 6) is -2.81. The van der Waals surface area contributed by atoms with Crippen LogP contribution in [0.2, 0.25) is 0 Å².